The zero-order valence-electron chi connectivity index (χ0n) is 34.2. The normalized spacial score (nSPS) is 12.4. The van der Waals surface area contributed by atoms with E-state index in [0.29, 0.717) is 26.1 Å². The van der Waals surface area contributed by atoms with Crippen LogP contribution in [-0.4, -0.2) is 75.8 Å². The molecular formula is C42H75N3O5S2. The summed E-state index contributed by atoms with van der Waals surface area (Å²) in [6, 6.07) is 0. The molecule has 0 aromatic heterocycles. The first-order chi connectivity index (χ1) is 25.2. The van der Waals surface area contributed by atoms with Gasteiger partial charge in [-0.2, -0.15) is 0 Å². The molecule has 0 aromatic rings. The highest BCUT2D eigenvalue weighted by Gasteiger charge is 2.35. The van der Waals surface area contributed by atoms with Crippen LogP contribution >= 0.6 is 21.6 Å². The minimum atomic E-state index is -0.662. The topological polar surface area (TPSA) is 106 Å². The number of carbonyl (C=O) groups is 3. The van der Waals surface area contributed by atoms with Crippen LogP contribution in [0.4, 0.5) is 0 Å². The highest BCUT2D eigenvalue weighted by atomic mass is 33.1. The molecule has 0 saturated carbocycles. The number of allylic oxidation sites excluding steroid dienone is 11. The summed E-state index contributed by atoms with van der Waals surface area (Å²) in [5, 5.41) is 8.55. The van der Waals surface area contributed by atoms with E-state index in [0.717, 1.165) is 50.0 Å². The molecule has 1 atom stereocenters. The van der Waals surface area contributed by atoms with Gasteiger partial charge < -0.3 is 25.4 Å². The number of carbonyl (C=O) groups excluding carboxylic acids is 3. The average molecular weight is 766 g/mol. The predicted molar refractivity (Wildman–Crippen MR) is 230 cm³/mol. The molecule has 0 unspecified atom stereocenters. The maximum absolute atomic E-state index is 12.4. The zero-order valence-corrected chi connectivity index (χ0v) is 35.8. The Labute approximate surface area is 327 Å². The van der Waals surface area contributed by atoms with Crippen LogP contribution < -0.4 is 16.0 Å². The van der Waals surface area contributed by atoms with Crippen molar-refractivity contribution in [1.82, 2.24) is 16.0 Å². The predicted octanol–water partition coefficient (Wildman–Crippen LogP) is 9.71. The van der Waals surface area contributed by atoms with Gasteiger partial charge in [0.2, 0.25) is 17.7 Å². The molecule has 0 aliphatic heterocycles. The van der Waals surface area contributed by atoms with E-state index in [1.54, 1.807) is 28.7 Å². The maximum atomic E-state index is 12.4. The summed E-state index contributed by atoms with van der Waals surface area (Å²) in [5.41, 5.74) is -0.484. The van der Waals surface area contributed by atoms with Crippen molar-refractivity contribution in [2.75, 3.05) is 52.0 Å². The van der Waals surface area contributed by atoms with Crippen molar-refractivity contribution in [3.8, 4) is 0 Å². The maximum Gasteiger partial charge on any atom is 0.249 e. The fourth-order valence-corrected chi connectivity index (χ4v) is 5.89. The van der Waals surface area contributed by atoms with Crippen molar-refractivity contribution in [2.45, 2.75) is 119 Å². The Hall–Kier alpha value is -2.53. The second-order valence-electron chi connectivity index (χ2n) is 12.0. The SMILES string of the molecule is CC.CC/C=C\C/C=C\C/C=C\C/C=C\C/C=C\C/C=C\CC(=O)NCCSSCCNC(=O)CCNC(=O)[C@H](OC)C(C)(C)COC.CCCC. The van der Waals surface area contributed by atoms with E-state index >= 15 is 0 Å². The summed E-state index contributed by atoms with van der Waals surface area (Å²) in [5.74, 6) is 1.20. The van der Waals surface area contributed by atoms with E-state index in [4.69, 9.17) is 9.47 Å². The van der Waals surface area contributed by atoms with Crippen LogP contribution in [-0.2, 0) is 23.9 Å². The first-order valence-corrected chi connectivity index (χ1v) is 21.7. The molecule has 0 rings (SSSR count). The number of methoxy groups -OCH3 is 2. The van der Waals surface area contributed by atoms with Crippen LogP contribution in [0.15, 0.2) is 72.9 Å². The summed E-state index contributed by atoms with van der Waals surface area (Å²) in [6.07, 6.45) is 34.1. The molecule has 10 heteroatoms. The molecule has 8 nitrogen and oxygen atoms in total. The standard InChI is InChI=1S/C36H59N3O5S2.C4H10.C2H6/c1-6-7-8-9-10-11-12-13-14-15-16-17-18-19-20-21-22-23-24-32(40)37-27-29-45-46-30-28-38-33(41)25-26-39-35(42)34(44-5)36(2,3)31-43-4;1-3-4-2;1-2/h7-8,10-11,13-14,16-17,19-20,22-23,34H,6,9,12,15,18,21,24-31H2,1-5H3,(H,37,40)(H,38,41)(H,39,42);3-4H2,1-2H3;1-2H3/b8-7-,11-10-,14-13-,17-16-,20-19-,23-22-;;/t34-;;/m0../s1. The first kappa shape index (κ1) is 53.8. The van der Waals surface area contributed by atoms with Crippen LogP contribution in [0.2, 0.25) is 0 Å². The Kier molecular flexibility index (Phi) is 44.4. The van der Waals surface area contributed by atoms with Crippen molar-refractivity contribution < 1.29 is 23.9 Å². The molecule has 0 saturated heterocycles. The molecular weight excluding hydrogens is 691 g/mol. The Morgan fingerprint density at radius 2 is 1.04 bits per heavy atom. The highest BCUT2D eigenvalue weighted by molar-refractivity contribution is 8.76. The number of unbranched alkanes of at least 4 members (excludes halogenated alkanes) is 1. The molecule has 0 spiro atoms. The van der Waals surface area contributed by atoms with Crippen LogP contribution in [0.5, 0.6) is 0 Å². The van der Waals surface area contributed by atoms with E-state index in [-0.39, 0.29) is 30.7 Å². The Balaban J connectivity index is -0.00000372. The third-order valence-corrected chi connectivity index (χ3v) is 9.26. The summed E-state index contributed by atoms with van der Waals surface area (Å²) in [6.45, 7) is 16.1. The molecule has 52 heavy (non-hydrogen) atoms. The molecule has 3 amide bonds. The van der Waals surface area contributed by atoms with E-state index < -0.39 is 11.5 Å². The molecule has 300 valence electrons. The van der Waals surface area contributed by atoms with Gasteiger partial charge in [-0.15, -0.1) is 0 Å². The number of hydrogen-bond acceptors (Lipinski definition) is 7. The molecule has 0 aliphatic rings. The second-order valence-corrected chi connectivity index (χ2v) is 14.7. The van der Waals surface area contributed by atoms with Gasteiger partial charge in [0, 0.05) is 63.6 Å². The summed E-state index contributed by atoms with van der Waals surface area (Å²) in [7, 11) is 6.39. The van der Waals surface area contributed by atoms with Gasteiger partial charge in [-0.1, -0.05) is 156 Å². The molecule has 3 N–H and O–H groups in total. The highest BCUT2D eigenvalue weighted by Crippen LogP contribution is 2.23. The molecule has 0 fully saturated rings. The smallest absolute Gasteiger partial charge is 0.249 e. The lowest BCUT2D eigenvalue weighted by molar-refractivity contribution is -0.140. The van der Waals surface area contributed by atoms with Gasteiger partial charge in [0.1, 0.15) is 6.10 Å². The average Bonchev–Trinajstić information content (AvgIpc) is 3.13. The van der Waals surface area contributed by atoms with Gasteiger partial charge in [-0.3, -0.25) is 14.4 Å². The minimum Gasteiger partial charge on any atom is -0.384 e. The number of amides is 3. The van der Waals surface area contributed by atoms with Gasteiger partial charge in [-0.25, -0.2) is 0 Å². The van der Waals surface area contributed by atoms with Gasteiger partial charge >= 0.3 is 0 Å². The Morgan fingerprint density at radius 3 is 1.44 bits per heavy atom. The number of nitrogens with one attached hydrogen (secondary N) is 3. The van der Waals surface area contributed by atoms with E-state index in [1.807, 2.05) is 39.8 Å². The van der Waals surface area contributed by atoms with E-state index in [9.17, 15) is 14.4 Å². The fraction of sp³-hybridized carbons (Fsp3) is 0.643. The largest absolute Gasteiger partial charge is 0.384 e. The van der Waals surface area contributed by atoms with E-state index in [2.05, 4.69) is 97.5 Å². The summed E-state index contributed by atoms with van der Waals surface area (Å²) < 4.78 is 10.5. The monoisotopic (exact) mass is 766 g/mol. The van der Waals surface area contributed by atoms with Crippen molar-refractivity contribution in [3.05, 3.63) is 72.9 Å². The van der Waals surface area contributed by atoms with Crippen molar-refractivity contribution in [1.29, 1.82) is 0 Å². The second kappa shape index (κ2) is 42.9. The summed E-state index contributed by atoms with van der Waals surface area (Å²) >= 11 is 0. The van der Waals surface area contributed by atoms with Crippen molar-refractivity contribution in [3.63, 3.8) is 0 Å². The molecule has 0 aliphatic carbocycles. The number of rotatable bonds is 29. The molecule has 0 aromatic carbocycles. The first-order valence-electron chi connectivity index (χ1n) is 19.2. The fourth-order valence-electron chi connectivity index (χ4n) is 4.08. The van der Waals surface area contributed by atoms with Crippen LogP contribution in [0, 0.1) is 5.41 Å². The Morgan fingerprint density at radius 1 is 0.615 bits per heavy atom. The van der Waals surface area contributed by atoms with Crippen LogP contribution in [0.1, 0.15) is 113 Å². The third kappa shape index (κ3) is 38.7. The van der Waals surface area contributed by atoms with Crippen molar-refractivity contribution >= 4 is 39.3 Å². The van der Waals surface area contributed by atoms with E-state index in [1.165, 1.54) is 20.0 Å². The number of hydrogen-bond donors (Lipinski definition) is 3. The van der Waals surface area contributed by atoms with Gasteiger partial charge in [0.25, 0.3) is 0 Å². The van der Waals surface area contributed by atoms with Gasteiger partial charge in [0.05, 0.1) is 6.61 Å². The molecule has 0 bridgehead atoms. The lowest BCUT2D eigenvalue weighted by Crippen LogP contribution is -2.47. The lowest BCUT2D eigenvalue weighted by atomic mass is 9.86. The summed E-state index contributed by atoms with van der Waals surface area (Å²) in [4.78, 5) is 36.4. The molecule has 0 heterocycles. The van der Waals surface area contributed by atoms with Crippen LogP contribution in [0.3, 0.4) is 0 Å². The zero-order chi connectivity index (χ0) is 39.6. The lowest BCUT2D eigenvalue weighted by Gasteiger charge is -2.31. The molecule has 0 radical (unpaired) electrons. The number of ether oxygens (including phenoxy) is 2. The third-order valence-electron chi connectivity index (χ3n) is 6.85. The van der Waals surface area contributed by atoms with Gasteiger partial charge in [-0.05, 0) is 38.5 Å². The Bertz CT molecular complexity index is 1020. The quantitative estimate of drug-likeness (QED) is 0.0396. The van der Waals surface area contributed by atoms with Gasteiger partial charge in [0.15, 0.2) is 0 Å². The van der Waals surface area contributed by atoms with Crippen molar-refractivity contribution in [2.24, 2.45) is 5.41 Å². The minimum absolute atomic E-state index is 0.0177. The van der Waals surface area contributed by atoms with Crippen LogP contribution in [0.25, 0.3) is 0 Å².